The van der Waals surface area contributed by atoms with Crippen LogP contribution in [0.5, 0.6) is 11.5 Å². The third-order valence-corrected chi connectivity index (χ3v) is 5.77. The van der Waals surface area contributed by atoms with Gasteiger partial charge in [0.1, 0.15) is 10.9 Å². The van der Waals surface area contributed by atoms with E-state index in [1.165, 1.54) is 17.3 Å². The van der Waals surface area contributed by atoms with Crippen LogP contribution in [0.15, 0.2) is 47.4 Å². The SMILES string of the molecule is COc1cc(/C=C2\SC(=S)N(C(C)(C)C)C2=O)ccc1OCc1ccc(C)cc1. The highest BCUT2D eigenvalue weighted by Crippen LogP contribution is 2.38. The van der Waals surface area contributed by atoms with Crippen LogP contribution in [-0.2, 0) is 11.4 Å². The quantitative estimate of drug-likeness (QED) is 0.460. The second-order valence-corrected chi connectivity index (χ2v) is 9.55. The highest BCUT2D eigenvalue weighted by Gasteiger charge is 2.39. The van der Waals surface area contributed by atoms with E-state index in [0.29, 0.717) is 27.3 Å². The number of methoxy groups -OCH3 is 1. The number of thiocarbonyl (C=S) groups is 1. The van der Waals surface area contributed by atoms with Crippen molar-refractivity contribution in [3.05, 3.63) is 64.1 Å². The number of hydrogen-bond acceptors (Lipinski definition) is 5. The minimum atomic E-state index is -0.345. The van der Waals surface area contributed by atoms with Gasteiger partial charge < -0.3 is 9.47 Å². The fourth-order valence-corrected chi connectivity index (χ4v) is 4.57. The van der Waals surface area contributed by atoms with E-state index in [0.717, 1.165) is 11.1 Å². The molecule has 0 spiro atoms. The van der Waals surface area contributed by atoms with E-state index in [9.17, 15) is 4.79 Å². The van der Waals surface area contributed by atoms with Crippen molar-refractivity contribution in [2.24, 2.45) is 0 Å². The summed E-state index contributed by atoms with van der Waals surface area (Å²) in [5.74, 6) is 1.22. The molecule has 2 aromatic rings. The molecule has 3 rings (SSSR count). The Bertz CT molecular complexity index is 959. The third-order valence-electron chi connectivity index (χ3n) is 4.46. The lowest BCUT2D eigenvalue weighted by molar-refractivity contribution is -0.125. The van der Waals surface area contributed by atoms with E-state index >= 15 is 0 Å². The summed E-state index contributed by atoms with van der Waals surface area (Å²) in [5, 5.41) is 0. The first-order chi connectivity index (χ1) is 13.7. The number of hydrogen-bond donors (Lipinski definition) is 0. The lowest BCUT2D eigenvalue weighted by atomic mass is 10.1. The van der Waals surface area contributed by atoms with Crippen LogP contribution in [-0.4, -0.2) is 27.8 Å². The second kappa shape index (κ2) is 8.59. The number of thioether (sulfide) groups is 1. The van der Waals surface area contributed by atoms with Gasteiger partial charge in [0.25, 0.3) is 5.91 Å². The molecule has 0 unspecified atom stereocenters. The zero-order valence-corrected chi connectivity index (χ0v) is 18.9. The first-order valence-corrected chi connectivity index (χ1v) is 10.6. The normalized spacial score (nSPS) is 15.9. The highest BCUT2D eigenvalue weighted by molar-refractivity contribution is 8.26. The summed E-state index contributed by atoms with van der Waals surface area (Å²) in [4.78, 5) is 15.0. The average molecular weight is 428 g/mol. The van der Waals surface area contributed by atoms with Gasteiger partial charge in [0.15, 0.2) is 11.5 Å². The van der Waals surface area contributed by atoms with Crippen LogP contribution in [0.25, 0.3) is 6.08 Å². The molecule has 2 aromatic carbocycles. The van der Waals surface area contributed by atoms with Crippen LogP contribution >= 0.6 is 24.0 Å². The van der Waals surface area contributed by atoms with Crippen molar-refractivity contribution >= 4 is 40.3 Å². The number of amides is 1. The summed E-state index contributed by atoms with van der Waals surface area (Å²) in [6, 6.07) is 13.9. The monoisotopic (exact) mass is 427 g/mol. The number of nitrogens with zero attached hydrogens (tertiary/aromatic N) is 1. The highest BCUT2D eigenvalue weighted by atomic mass is 32.2. The minimum Gasteiger partial charge on any atom is -0.493 e. The van der Waals surface area contributed by atoms with Gasteiger partial charge >= 0.3 is 0 Å². The summed E-state index contributed by atoms with van der Waals surface area (Å²) < 4.78 is 12.0. The molecule has 4 nitrogen and oxygen atoms in total. The zero-order valence-electron chi connectivity index (χ0n) is 17.3. The van der Waals surface area contributed by atoms with Gasteiger partial charge in [-0.25, -0.2) is 0 Å². The lowest BCUT2D eigenvalue weighted by Gasteiger charge is -2.30. The van der Waals surface area contributed by atoms with E-state index in [-0.39, 0.29) is 11.4 Å². The standard InChI is InChI=1S/C23H25NO3S2/c1-15-6-8-16(9-7-15)14-27-18-11-10-17(12-19(18)26-5)13-20-21(25)24(22(28)29-20)23(2,3)4/h6-13H,14H2,1-5H3/b20-13-. The van der Waals surface area contributed by atoms with Crippen LogP contribution < -0.4 is 9.47 Å². The summed E-state index contributed by atoms with van der Waals surface area (Å²) in [6.07, 6.45) is 1.84. The molecule has 1 amide bonds. The smallest absolute Gasteiger partial charge is 0.266 e. The Hall–Kier alpha value is -2.31. The molecule has 0 aromatic heterocycles. The van der Waals surface area contributed by atoms with Crippen molar-refractivity contribution in [1.29, 1.82) is 0 Å². The molecule has 0 N–H and O–H groups in total. The fourth-order valence-electron chi connectivity index (χ4n) is 2.94. The lowest BCUT2D eigenvalue weighted by Crippen LogP contribution is -2.44. The Morgan fingerprint density at radius 1 is 1.10 bits per heavy atom. The number of carbonyl (C=O) groups excluding carboxylic acids is 1. The molecule has 1 saturated heterocycles. The topological polar surface area (TPSA) is 38.8 Å². The van der Waals surface area contributed by atoms with Gasteiger partial charge in [-0.15, -0.1) is 0 Å². The van der Waals surface area contributed by atoms with Gasteiger partial charge in [0.05, 0.1) is 12.0 Å². The molecular weight excluding hydrogens is 402 g/mol. The third kappa shape index (κ3) is 5.00. The van der Waals surface area contributed by atoms with Crippen molar-refractivity contribution in [2.45, 2.75) is 39.8 Å². The molecular formula is C23H25NO3S2. The molecule has 0 saturated carbocycles. The van der Waals surface area contributed by atoms with Gasteiger partial charge in [0, 0.05) is 5.54 Å². The van der Waals surface area contributed by atoms with Crippen molar-refractivity contribution in [1.82, 2.24) is 4.90 Å². The number of carbonyl (C=O) groups is 1. The summed E-state index contributed by atoms with van der Waals surface area (Å²) >= 11 is 6.73. The van der Waals surface area contributed by atoms with E-state index in [4.69, 9.17) is 21.7 Å². The number of benzene rings is 2. The van der Waals surface area contributed by atoms with Gasteiger partial charge in [-0.1, -0.05) is 59.9 Å². The maximum atomic E-state index is 12.8. The predicted molar refractivity (Wildman–Crippen MR) is 123 cm³/mol. The Labute approximate surface area is 181 Å². The van der Waals surface area contributed by atoms with E-state index in [1.54, 1.807) is 12.0 Å². The molecule has 0 atom stereocenters. The second-order valence-electron chi connectivity index (χ2n) is 7.87. The van der Waals surface area contributed by atoms with Crippen LogP contribution in [0, 0.1) is 6.92 Å². The largest absolute Gasteiger partial charge is 0.493 e. The molecule has 0 bridgehead atoms. The van der Waals surface area contributed by atoms with Crippen LogP contribution in [0.4, 0.5) is 0 Å². The molecule has 29 heavy (non-hydrogen) atoms. The van der Waals surface area contributed by atoms with Crippen molar-refractivity contribution in [3.8, 4) is 11.5 Å². The van der Waals surface area contributed by atoms with Crippen molar-refractivity contribution < 1.29 is 14.3 Å². The van der Waals surface area contributed by atoms with Crippen LogP contribution in [0.3, 0.4) is 0 Å². The Balaban J connectivity index is 1.78. The molecule has 6 heteroatoms. The van der Waals surface area contributed by atoms with Crippen molar-refractivity contribution in [3.63, 3.8) is 0 Å². The van der Waals surface area contributed by atoms with E-state index < -0.39 is 0 Å². The first-order valence-electron chi connectivity index (χ1n) is 9.33. The van der Waals surface area contributed by atoms with Gasteiger partial charge in [-0.05, 0) is 57.0 Å². The maximum absolute atomic E-state index is 12.8. The average Bonchev–Trinajstić information content (AvgIpc) is 2.95. The predicted octanol–water partition coefficient (Wildman–Crippen LogP) is 5.58. The number of aryl methyl sites for hydroxylation is 1. The molecule has 1 aliphatic rings. The molecule has 152 valence electrons. The zero-order chi connectivity index (χ0) is 21.2. The summed E-state index contributed by atoms with van der Waals surface area (Å²) in [6.45, 7) is 8.44. The van der Waals surface area contributed by atoms with Crippen LogP contribution in [0.2, 0.25) is 0 Å². The summed E-state index contributed by atoms with van der Waals surface area (Å²) in [5.41, 5.74) is 2.82. The molecule has 0 radical (unpaired) electrons. The summed E-state index contributed by atoms with van der Waals surface area (Å²) in [7, 11) is 1.61. The molecule has 1 heterocycles. The number of rotatable bonds is 5. The molecule has 1 aliphatic heterocycles. The molecule has 1 fully saturated rings. The van der Waals surface area contributed by atoms with E-state index in [2.05, 4.69) is 19.1 Å². The van der Waals surface area contributed by atoms with Gasteiger partial charge in [-0.2, -0.15) is 0 Å². The fraction of sp³-hybridized carbons (Fsp3) is 0.304. The van der Waals surface area contributed by atoms with Crippen LogP contribution in [0.1, 0.15) is 37.5 Å². The first kappa shape index (κ1) is 21.4. The van der Waals surface area contributed by atoms with Gasteiger partial charge in [0.2, 0.25) is 0 Å². The van der Waals surface area contributed by atoms with Crippen molar-refractivity contribution in [2.75, 3.05) is 7.11 Å². The molecule has 0 aliphatic carbocycles. The Morgan fingerprint density at radius 3 is 2.38 bits per heavy atom. The Morgan fingerprint density at radius 2 is 1.79 bits per heavy atom. The number of ether oxygens (including phenoxy) is 2. The Kier molecular flexibility index (Phi) is 6.34. The van der Waals surface area contributed by atoms with E-state index in [1.807, 2.05) is 57.2 Å². The maximum Gasteiger partial charge on any atom is 0.266 e. The van der Waals surface area contributed by atoms with Gasteiger partial charge in [-0.3, -0.25) is 9.69 Å². The minimum absolute atomic E-state index is 0.0637.